The average Bonchev–Trinajstić information content (AvgIpc) is 2.38. The summed E-state index contributed by atoms with van der Waals surface area (Å²) in [6.07, 6.45) is 2.61. The molecule has 0 amide bonds. The van der Waals surface area contributed by atoms with Crippen LogP contribution in [0.2, 0.25) is 0 Å². The van der Waals surface area contributed by atoms with Crippen LogP contribution < -0.4 is 10.6 Å². The molecule has 3 saturated heterocycles. The van der Waals surface area contributed by atoms with Crippen LogP contribution in [0.4, 0.5) is 5.69 Å². The minimum atomic E-state index is -0.316. The van der Waals surface area contributed by atoms with Gasteiger partial charge in [0, 0.05) is 25.2 Å². The number of hydrogen-bond acceptors (Lipinski definition) is 3. The molecule has 2 atom stereocenters. The molecule has 0 aromatic heterocycles. The van der Waals surface area contributed by atoms with Crippen molar-refractivity contribution >= 4 is 5.69 Å². The Morgan fingerprint density at radius 2 is 2.29 bits per heavy atom. The summed E-state index contributed by atoms with van der Waals surface area (Å²) in [7, 11) is 0. The van der Waals surface area contributed by atoms with Gasteiger partial charge >= 0.3 is 0 Å². The van der Waals surface area contributed by atoms with Crippen molar-refractivity contribution in [2.45, 2.75) is 31.3 Å². The van der Waals surface area contributed by atoms with E-state index in [1.54, 1.807) is 0 Å². The molecular formula is C13H16N3O. The summed E-state index contributed by atoms with van der Waals surface area (Å²) in [5.74, 6) is -0.316. The summed E-state index contributed by atoms with van der Waals surface area (Å²) in [5.41, 5.74) is 2.58. The Morgan fingerprint density at radius 3 is 3.12 bits per heavy atom. The molecular weight excluding hydrogens is 214 g/mol. The summed E-state index contributed by atoms with van der Waals surface area (Å²) in [5, 5.41) is 8.13. The summed E-state index contributed by atoms with van der Waals surface area (Å²) in [6.45, 7) is 2.70. The first-order valence-corrected chi connectivity index (χ1v) is 6.29. The van der Waals surface area contributed by atoms with Gasteiger partial charge in [0.2, 0.25) is 0 Å². The Kier molecular flexibility index (Phi) is 2.00. The van der Waals surface area contributed by atoms with Crippen LogP contribution in [0.3, 0.4) is 0 Å². The molecule has 1 radical (unpaired) electrons. The van der Waals surface area contributed by atoms with Crippen molar-refractivity contribution in [1.29, 1.82) is 0 Å². The number of ether oxygens (including phenoxy) is 1. The van der Waals surface area contributed by atoms with Crippen molar-refractivity contribution in [3.63, 3.8) is 0 Å². The molecule has 17 heavy (non-hydrogen) atoms. The first-order valence-electron chi connectivity index (χ1n) is 6.29. The van der Waals surface area contributed by atoms with Crippen molar-refractivity contribution in [2.75, 3.05) is 18.5 Å². The monoisotopic (exact) mass is 230 g/mol. The molecule has 4 heteroatoms. The molecule has 5 rings (SSSR count). The number of rotatable bonds is 1. The van der Waals surface area contributed by atoms with Gasteiger partial charge in [-0.15, -0.1) is 0 Å². The van der Waals surface area contributed by atoms with Gasteiger partial charge in [-0.05, 0) is 18.1 Å². The molecule has 3 fully saturated rings. The highest BCUT2D eigenvalue weighted by molar-refractivity contribution is 5.52. The lowest BCUT2D eigenvalue weighted by Gasteiger charge is -2.57. The van der Waals surface area contributed by atoms with Crippen molar-refractivity contribution in [3.05, 3.63) is 29.8 Å². The van der Waals surface area contributed by atoms with E-state index in [0.717, 1.165) is 32.6 Å². The minimum absolute atomic E-state index is 0.316. The molecule has 4 aliphatic rings. The molecule has 1 aromatic rings. The van der Waals surface area contributed by atoms with E-state index in [4.69, 9.17) is 4.74 Å². The van der Waals surface area contributed by atoms with Crippen LogP contribution in [0, 0.1) is 0 Å². The van der Waals surface area contributed by atoms with Gasteiger partial charge in [-0.2, -0.15) is 5.32 Å². The van der Waals surface area contributed by atoms with Crippen molar-refractivity contribution in [3.8, 4) is 0 Å². The zero-order valence-electron chi connectivity index (χ0n) is 9.72. The third-order valence-electron chi connectivity index (χ3n) is 3.99. The smallest absolute Gasteiger partial charge is 0.197 e. The highest BCUT2D eigenvalue weighted by Gasteiger charge is 2.54. The van der Waals surface area contributed by atoms with E-state index < -0.39 is 0 Å². The Morgan fingerprint density at radius 1 is 1.41 bits per heavy atom. The third-order valence-corrected chi connectivity index (χ3v) is 3.99. The largest absolute Gasteiger partial charge is 0.372 e. The SMILES string of the molecule is c1ccc2c(c1)CN(C13CC(CC[N]1)O3)CN2. The molecule has 4 aliphatic heterocycles. The van der Waals surface area contributed by atoms with Crippen LogP contribution in [0.25, 0.3) is 0 Å². The number of fused-ring (bicyclic) bond motifs is 3. The number of benzene rings is 1. The maximum absolute atomic E-state index is 5.94. The van der Waals surface area contributed by atoms with Crippen molar-refractivity contribution < 1.29 is 4.74 Å². The first kappa shape index (κ1) is 9.88. The Bertz CT molecular complexity index is 437. The summed E-state index contributed by atoms with van der Waals surface area (Å²) >= 11 is 0. The van der Waals surface area contributed by atoms with Crippen LogP contribution in [0.5, 0.6) is 0 Å². The second-order valence-corrected chi connectivity index (χ2v) is 5.05. The van der Waals surface area contributed by atoms with E-state index in [0.29, 0.717) is 6.10 Å². The van der Waals surface area contributed by atoms with Gasteiger partial charge in [-0.3, -0.25) is 0 Å². The van der Waals surface area contributed by atoms with Crippen LogP contribution in [0.1, 0.15) is 18.4 Å². The van der Waals surface area contributed by atoms with Gasteiger partial charge in [0.1, 0.15) is 0 Å². The molecule has 0 aliphatic carbocycles. The number of piperidine rings is 1. The number of anilines is 1. The van der Waals surface area contributed by atoms with E-state index in [-0.39, 0.29) is 5.85 Å². The van der Waals surface area contributed by atoms with Crippen LogP contribution in [-0.2, 0) is 11.3 Å². The predicted molar refractivity (Wildman–Crippen MR) is 64.3 cm³/mol. The lowest BCUT2D eigenvalue weighted by Crippen LogP contribution is -2.71. The Hall–Kier alpha value is -1.10. The zero-order chi connectivity index (χ0) is 11.3. The van der Waals surface area contributed by atoms with E-state index in [1.807, 2.05) is 0 Å². The molecule has 4 heterocycles. The highest BCUT2D eigenvalue weighted by Crippen LogP contribution is 2.41. The minimum Gasteiger partial charge on any atom is -0.372 e. The maximum Gasteiger partial charge on any atom is 0.197 e. The quantitative estimate of drug-likeness (QED) is 0.791. The Labute approximate surface area is 101 Å². The lowest BCUT2D eigenvalue weighted by atomic mass is 9.95. The van der Waals surface area contributed by atoms with Gasteiger partial charge in [-0.1, -0.05) is 18.2 Å². The first-order chi connectivity index (χ1) is 8.36. The van der Waals surface area contributed by atoms with Crippen molar-refractivity contribution in [1.82, 2.24) is 10.2 Å². The number of nitrogens with one attached hydrogen (secondary N) is 1. The lowest BCUT2D eigenvalue weighted by molar-refractivity contribution is -0.323. The standard InChI is InChI=1S/C13H16N3O/c1-2-4-12-10(3-1)8-16(9-14-12)13-7-11(17-13)5-6-15-13/h1-4,11,14H,5-9H2. The summed E-state index contributed by atoms with van der Waals surface area (Å²) in [4.78, 5) is 2.31. The number of hydrogen-bond donors (Lipinski definition) is 1. The highest BCUT2D eigenvalue weighted by atomic mass is 16.6. The third kappa shape index (κ3) is 1.41. The van der Waals surface area contributed by atoms with E-state index in [2.05, 4.69) is 39.8 Å². The number of nitrogens with zero attached hydrogens (tertiary/aromatic N) is 2. The van der Waals surface area contributed by atoms with E-state index >= 15 is 0 Å². The predicted octanol–water partition coefficient (Wildman–Crippen LogP) is 1.32. The van der Waals surface area contributed by atoms with Crippen LogP contribution >= 0.6 is 0 Å². The average molecular weight is 230 g/mol. The summed E-state index contributed by atoms with van der Waals surface area (Å²) < 4.78 is 5.94. The van der Waals surface area contributed by atoms with Crippen LogP contribution in [0.15, 0.2) is 24.3 Å². The summed E-state index contributed by atoms with van der Waals surface area (Å²) in [6, 6.07) is 8.46. The molecule has 4 nitrogen and oxygen atoms in total. The second-order valence-electron chi connectivity index (χ2n) is 5.05. The van der Waals surface area contributed by atoms with E-state index in [9.17, 15) is 0 Å². The molecule has 2 unspecified atom stereocenters. The normalized spacial score (nSPS) is 35.6. The van der Waals surface area contributed by atoms with Gasteiger partial charge in [0.05, 0.1) is 12.8 Å². The maximum atomic E-state index is 5.94. The van der Waals surface area contributed by atoms with Gasteiger partial charge in [0.25, 0.3) is 0 Å². The molecule has 1 N–H and O–H groups in total. The van der Waals surface area contributed by atoms with Crippen molar-refractivity contribution in [2.24, 2.45) is 0 Å². The van der Waals surface area contributed by atoms with Gasteiger partial charge in [0.15, 0.2) is 5.85 Å². The molecule has 0 spiro atoms. The fourth-order valence-electron chi connectivity index (χ4n) is 3.02. The van der Waals surface area contributed by atoms with Gasteiger partial charge in [-0.25, -0.2) is 4.90 Å². The molecule has 1 aromatic carbocycles. The molecule has 0 saturated carbocycles. The zero-order valence-corrected chi connectivity index (χ0v) is 9.72. The molecule has 2 bridgehead atoms. The van der Waals surface area contributed by atoms with Crippen LogP contribution in [-0.4, -0.2) is 30.1 Å². The second kappa shape index (κ2) is 3.45. The van der Waals surface area contributed by atoms with Gasteiger partial charge < -0.3 is 10.1 Å². The molecule has 89 valence electrons. The number of para-hydroxylation sites is 1. The fraction of sp³-hybridized carbons (Fsp3) is 0.538. The Balaban J connectivity index is 1.58. The topological polar surface area (TPSA) is 38.6 Å². The fourth-order valence-corrected chi connectivity index (χ4v) is 3.02. The van der Waals surface area contributed by atoms with E-state index in [1.165, 1.54) is 11.3 Å².